The minimum atomic E-state index is -0.134. The maximum atomic E-state index is 11.1. The van der Waals surface area contributed by atoms with E-state index < -0.39 is 0 Å². The molecule has 2 heteroatoms. The lowest BCUT2D eigenvalue weighted by atomic mass is 10.1. The Bertz CT molecular complexity index is 171. The summed E-state index contributed by atoms with van der Waals surface area (Å²) in [5.41, 5.74) is 1.09. The highest BCUT2D eigenvalue weighted by Gasteiger charge is 2.10. The molecular weight excluding hydrogens is 152 g/mol. The zero-order chi connectivity index (χ0) is 9.56. The van der Waals surface area contributed by atoms with E-state index in [9.17, 15) is 4.79 Å². The van der Waals surface area contributed by atoms with E-state index >= 15 is 0 Å². The van der Waals surface area contributed by atoms with Crippen molar-refractivity contribution in [2.75, 3.05) is 0 Å². The van der Waals surface area contributed by atoms with Crippen LogP contribution in [0, 0.1) is 5.92 Å². The van der Waals surface area contributed by atoms with Gasteiger partial charge in [0.05, 0.1) is 12.2 Å². The minimum Gasteiger partial charge on any atom is -0.434 e. The fourth-order valence-corrected chi connectivity index (χ4v) is 0.525. The molecule has 1 unspecified atom stereocenters. The van der Waals surface area contributed by atoms with Crippen LogP contribution in [0.4, 0.5) is 0 Å². The van der Waals surface area contributed by atoms with E-state index in [2.05, 4.69) is 0 Å². The second-order valence-electron chi connectivity index (χ2n) is 3.06. The molecule has 2 nitrogen and oxygen atoms in total. The fraction of sp³-hybridized carbons (Fsp3) is 0.700. The van der Waals surface area contributed by atoms with Gasteiger partial charge in [-0.1, -0.05) is 20.8 Å². The van der Waals surface area contributed by atoms with Crippen LogP contribution >= 0.6 is 0 Å². The topological polar surface area (TPSA) is 26.3 Å². The van der Waals surface area contributed by atoms with Crippen LogP contribution in [0.25, 0.3) is 0 Å². The second-order valence-corrected chi connectivity index (χ2v) is 3.06. The Labute approximate surface area is 74.6 Å². The Morgan fingerprint density at radius 2 is 2.08 bits per heavy atom. The Morgan fingerprint density at radius 3 is 2.50 bits per heavy atom. The maximum absolute atomic E-state index is 11.1. The first kappa shape index (κ1) is 11.2. The molecular formula is C10H18O2. The van der Waals surface area contributed by atoms with Crippen molar-refractivity contribution in [3.05, 3.63) is 11.8 Å². The molecule has 0 aromatic rings. The molecule has 70 valence electrons. The molecule has 0 rings (SSSR count). The highest BCUT2D eigenvalue weighted by Crippen LogP contribution is 2.05. The third-order valence-corrected chi connectivity index (χ3v) is 1.95. The van der Waals surface area contributed by atoms with E-state index in [0.29, 0.717) is 0 Å². The lowest BCUT2D eigenvalue weighted by molar-refractivity contribution is -0.142. The van der Waals surface area contributed by atoms with Crippen LogP contribution in [-0.2, 0) is 9.53 Å². The molecule has 0 aromatic carbocycles. The van der Waals surface area contributed by atoms with Gasteiger partial charge >= 0.3 is 5.97 Å². The van der Waals surface area contributed by atoms with E-state index in [1.54, 1.807) is 6.26 Å². The van der Waals surface area contributed by atoms with Gasteiger partial charge in [0, 0.05) is 0 Å². The minimum absolute atomic E-state index is 0.00547. The van der Waals surface area contributed by atoms with Crippen molar-refractivity contribution in [1.29, 1.82) is 0 Å². The first-order valence-corrected chi connectivity index (χ1v) is 4.47. The molecule has 12 heavy (non-hydrogen) atoms. The summed E-state index contributed by atoms with van der Waals surface area (Å²) in [4.78, 5) is 11.1. The third-order valence-electron chi connectivity index (χ3n) is 1.95. The van der Waals surface area contributed by atoms with Gasteiger partial charge in [0.2, 0.25) is 0 Å². The molecule has 0 saturated heterocycles. The first-order chi connectivity index (χ1) is 5.61. The summed E-state index contributed by atoms with van der Waals surface area (Å²) in [6, 6.07) is 0. The van der Waals surface area contributed by atoms with Gasteiger partial charge < -0.3 is 4.74 Å². The average molecular weight is 170 g/mol. The Morgan fingerprint density at radius 1 is 1.50 bits per heavy atom. The normalized spacial score (nSPS) is 14.2. The quantitative estimate of drug-likeness (QED) is 0.479. The molecule has 0 fully saturated rings. The van der Waals surface area contributed by atoms with Crippen LogP contribution in [-0.4, -0.2) is 5.97 Å². The number of rotatable bonds is 4. The van der Waals surface area contributed by atoms with Gasteiger partial charge in [-0.25, -0.2) is 0 Å². The van der Waals surface area contributed by atoms with Crippen LogP contribution in [0.5, 0.6) is 0 Å². The zero-order valence-electron chi connectivity index (χ0n) is 8.39. The summed E-state index contributed by atoms with van der Waals surface area (Å²) in [5, 5.41) is 0. The summed E-state index contributed by atoms with van der Waals surface area (Å²) in [6.45, 7) is 7.83. The molecule has 0 saturated carbocycles. The van der Waals surface area contributed by atoms with E-state index in [1.165, 1.54) is 0 Å². The van der Waals surface area contributed by atoms with Crippen molar-refractivity contribution in [3.8, 4) is 0 Å². The molecule has 0 aliphatic rings. The number of hydrogen-bond acceptors (Lipinski definition) is 2. The molecule has 1 atom stereocenters. The second kappa shape index (κ2) is 5.81. The van der Waals surface area contributed by atoms with Crippen LogP contribution in [0.15, 0.2) is 11.8 Å². The summed E-state index contributed by atoms with van der Waals surface area (Å²) < 4.78 is 4.95. The van der Waals surface area contributed by atoms with Crippen LogP contribution in [0.3, 0.4) is 0 Å². The van der Waals surface area contributed by atoms with Gasteiger partial charge in [0.25, 0.3) is 0 Å². The van der Waals surface area contributed by atoms with E-state index in [-0.39, 0.29) is 11.9 Å². The zero-order valence-corrected chi connectivity index (χ0v) is 8.39. The molecule has 0 heterocycles. The van der Waals surface area contributed by atoms with Gasteiger partial charge in [-0.05, 0) is 25.3 Å². The standard InChI is InChI=1S/C10H18O2/c1-5-8(3)7-12-10(11)9(4)6-2/h7,9H,5-6H2,1-4H3/b8-7+. The predicted molar refractivity (Wildman–Crippen MR) is 49.6 cm³/mol. The third kappa shape index (κ3) is 4.16. The van der Waals surface area contributed by atoms with Gasteiger partial charge in [-0.2, -0.15) is 0 Å². The molecule has 0 spiro atoms. The van der Waals surface area contributed by atoms with Gasteiger partial charge in [-0.3, -0.25) is 4.79 Å². The molecule has 0 aliphatic heterocycles. The number of esters is 1. The van der Waals surface area contributed by atoms with Crippen LogP contribution < -0.4 is 0 Å². The Hall–Kier alpha value is -0.790. The van der Waals surface area contributed by atoms with Crippen molar-refractivity contribution in [1.82, 2.24) is 0 Å². The number of allylic oxidation sites excluding steroid dienone is 1. The number of carbonyl (C=O) groups excluding carboxylic acids is 1. The van der Waals surface area contributed by atoms with Crippen molar-refractivity contribution < 1.29 is 9.53 Å². The van der Waals surface area contributed by atoms with Crippen LogP contribution in [0.2, 0.25) is 0 Å². The summed E-state index contributed by atoms with van der Waals surface area (Å²) in [5.74, 6) is -0.129. The maximum Gasteiger partial charge on any atom is 0.313 e. The Kier molecular flexibility index (Phi) is 5.43. The van der Waals surface area contributed by atoms with E-state index in [4.69, 9.17) is 4.74 Å². The molecule has 0 aromatic heterocycles. The largest absolute Gasteiger partial charge is 0.434 e. The SMILES string of the molecule is CC/C(C)=C/OC(=O)C(C)CC. The van der Waals surface area contributed by atoms with Gasteiger partial charge in [-0.15, -0.1) is 0 Å². The molecule has 0 radical (unpaired) electrons. The molecule has 0 amide bonds. The van der Waals surface area contributed by atoms with Gasteiger partial charge in [0.1, 0.15) is 0 Å². The van der Waals surface area contributed by atoms with Gasteiger partial charge in [0.15, 0.2) is 0 Å². The Balaban J connectivity index is 3.86. The monoisotopic (exact) mass is 170 g/mol. The van der Waals surface area contributed by atoms with Crippen molar-refractivity contribution in [2.45, 2.75) is 40.5 Å². The predicted octanol–water partition coefficient (Wildman–Crippen LogP) is 2.89. The smallest absolute Gasteiger partial charge is 0.313 e. The summed E-state index contributed by atoms with van der Waals surface area (Å²) >= 11 is 0. The average Bonchev–Trinajstić information content (AvgIpc) is 2.11. The highest BCUT2D eigenvalue weighted by atomic mass is 16.5. The molecule has 0 aliphatic carbocycles. The molecule has 0 N–H and O–H groups in total. The van der Waals surface area contributed by atoms with Crippen molar-refractivity contribution >= 4 is 5.97 Å². The van der Waals surface area contributed by atoms with Crippen LogP contribution in [0.1, 0.15) is 40.5 Å². The summed E-state index contributed by atoms with van der Waals surface area (Å²) in [6.07, 6.45) is 3.31. The summed E-state index contributed by atoms with van der Waals surface area (Å²) in [7, 11) is 0. The lowest BCUT2D eigenvalue weighted by Gasteiger charge is -2.05. The van der Waals surface area contributed by atoms with Crippen molar-refractivity contribution in [3.63, 3.8) is 0 Å². The fourth-order valence-electron chi connectivity index (χ4n) is 0.525. The molecule has 0 bridgehead atoms. The lowest BCUT2D eigenvalue weighted by Crippen LogP contribution is -2.10. The number of carbonyl (C=O) groups is 1. The number of hydrogen-bond donors (Lipinski definition) is 0. The van der Waals surface area contributed by atoms with Crippen molar-refractivity contribution in [2.24, 2.45) is 5.92 Å². The van der Waals surface area contributed by atoms with E-state index in [1.807, 2.05) is 27.7 Å². The number of ether oxygens (including phenoxy) is 1. The van der Waals surface area contributed by atoms with E-state index in [0.717, 1.165) is 18.4 Å². The highest BCUT2D eigenvalue weighted by molar-refractivity contribution is 5.72. The first-order valence-electron chi connectivity index (χ1n) is 4.47.